The molecule has 3 nitrogen and oxygen atoms in total. The van der Waals surface area contributed by atoms with E-state index in [0.29, 0.717) is 17.4 Å². The average Bonchev–Trinajstić information content (AvgIpc) is 2.47. The van der Waals surface area contributed by atoms with Gasteiger partial charge in [-0.15, -0.1) is 0 Å². The Balaban J connectivity index is 3.10. The molecule has 0 aliphatic carbocycles. The largest absolute Gasteiger partial charge is 0.384 e. The maximum atomic E-state index is 9.05. The second kappa shape index (κ2) is 5.31. The van der Waals surface area contributed by atoms with Gasteiger partial charge in [0.1, 0.15) is 11.9 Å². The molecule has 0 aliphatic heterocycles. The molecule has 0 aliphatic rings. The molecule has 0 amide bonds. The summed E-state index contributed by atoms with van der Waals surface area (Å²) in [6.45, 7) is 6.14. The molecule has 0 spiro atoms. The summed E-state index contributed by atoms with van der Waals surface area (Å²) in [5.41, 5.74) is 8.78. The summed E-state index contributed by atoms with van der Waals surface area (Å²) >= 11 is 1.83. The van der Waals surface area contributed by atoms with Crippen LogP contribution >= 0.6 is 11.8 Å². The van der Waals surface area contributed by atoms with Gasteiger partial charge in [-0.25, -0.2) is 0 Å². The van der Waals surface area contributed by atoms with E-state index in [1.165, 1.54) is 0 Å². The lowest BCUT2D eigenvalue weighted by Gasteiger charge is -2.17. The number of aromatic nitrogens is 1. The highest BCUT2D eigenvalue weighted by Crippen LogP contribution is 2.28. The van der Waals surface area contributed by atoms with Crippen LogP contribution < -0.4 is 5.73 Å². The van der Waals surface area contributed by atoms with Crippen LogP contribution in [-0.4, -0.2) is 16.6 Å². The van der Waals surface area contributed by atoms with Crippen molar-refractivity contribution in [2.75, 3.05) is 17.7 Å². The van der Waals surface area contributed by atoms with Crippen molar-refractivity contribution >= 4 is 17.6 Å². The van der Waals surface area contributed by atoms with E-state index in [1.807, 2.05) is 25.6 Å². The molecule has 1 unspecified atom stereocenters. The molecule has 1 aromatic heterocycles. The van der Waals surface area contributed by atoms with Crippen molar-refractivity contribution < 1.29 is 0 Å². The SMILES string of the molecule is CSCCC(C)n1c(C)c(C)c(C#N)c1N. The van der Waals surface area contributed by atoms with Crippen LogP contribution in [0.4, 0.5) is 5.82 Å². The van der Waals surface area contributed by atoms with Crippen molar-refractivity contribution in [1.29, 1.82) is 5.26 Å². The number of nitriles is 1. The van der Waals surface area contributed by atoms with Gasteiger partial charge in [0.2, 0.25) is 0 Å². The van der Waals surface area contributed by atoms with Crippen LogP contribution in [0.2, 0.25) is 0 Å². The van der Waals surface area contributed by atoms with E-state index in [9.17, 15) is 0 Å². The first kappa shape index (κ1) is 13.0. The van der Waals surface area contributed by atoms with E-state index < -0.39 is 0 Å². The van der Waals surface area contributed by atoms with E-state index in [0.717, 1.165) is 23.4 Å². The third-order valence-electron chi connectivity index (χ3n) is 3.09. The molecular weight excluding hydrogens is 218 g/mol. The number of rotatable bonds is 4. The third kappa shape index (κ3) is 2.19. The van der Waals surface area contributed by atoms with Crippen LogP contribution in [0.1, 0.15) is 36.2 Å². The Bertz CT molecular complexity index is 415. The second-order valence-electron chi connectivity index (χ2n) is 4.08. The topological polar surface area (TPSA) is 54.7 Å². The van der Waals surface area contributed by atoms with Gasteiger partial charge in [-0.2, -0.15) is 17.0 Å². The van der Waals surface area contributed by atoms with Crippen molar-refractivity contribution in [2.24, 2.45) is 0 Å². The number of nitrogens with zero attached hydrogens (tertiary/aromatic N) is 2. The summed E-state index contributed by atoms with van der Waals surface area (Å²) < 4.78 is 2.09. The molecule has 0 fully saturated rings. The van der Waals surface area contributed by atoms with Crippen LogP contribution in [0, 0.1) is 25.2 Å². The van der Waals surface area contributed by atoms with Crippen LogP contribution in [0.5, 0.6) is 0 Å². The molecule has 0 saturated heterocycles. The van der Waals surface area contributed by atoms with Crippen molar-refractivity contribution in [3.05, 3.63) is 16.8 Å². The highest BCUT2D eigenvalue weighted by atomic mass is 32.2. The summed E-state index contributed by atoms with van der Waals surface area (Å²) in [5.74, 6) is 1.73. The first-order chi connectivity index (χ1) is 7.54. The summed E-state index contributed by atoms with van der Waals surface area (Å²) in [6.07, 6.45) is 3.18. The molecule has 16 heavy (non-hydrogen) atoms. The van der Waals surface area contributed by atoms with Gasteiger partial charge in [-0.1, -0.05) is 0 Å². The molecule has 1 rings (SSSR count). The van der Waals surface area contributed by atoms with Crippen molar-refractivity contribution in [2.45, 2.75) is 33.2 Å². The third-order valence-corrected chi connectivity index (χ3v) is 3.73. The monoisotopic (exact) mass is 237 g/mol. The molecule has 2 N–H and O–H groups in total. The lowest BCUT2D eigenvalue weighted by molar-refractivity contribution is 0.532. The first-order valence-electron chi connectivity index (χ1n) is 5.40. The number of hydrogen-bond donors (Lipinski definition) is 1. The number of anilines is 1. The highest BCUT2D eigenvalue weighted by molar-refractivity contribution is 7.98. The fourth-order valence-corrected chi connectivity index (χ4v) is 2.56. The zero-order chi connectivity index (χ0) is 12.3. The summed E-state index contributed by atoms with van der Waals surface area (Å²) in [4.78, 5) is 0. The maximum absolute atomic E-state index is 9.05. The van der Waals surface area contributed by atoms with Crippen molar-refractivity contribution in [3.63, 3.8) is 0 Å². The Hall–Kier alpha value is -1.08. The minimum Gasteiger partial charge on any atom is -0.384 e. The van der Waals surface area contributed by atoms with Gasteiger partial charge in [0.05, 0.1) is 5.56 Å². The molecule has 0 aromatic carbocycles. The minimum atomic E-state index is 0.355. The molecule has 1 atom stereocenters. The van der Waals surface area contributed by atoms with Gasteiger partial charge in [-0.05, 0) is 44.8 Å². The normalized spacial score (nSPS) is 12.4. The molecule has 1 aromatic rings. The van der Waals surface area contributed by atoms with Gasteiger partial charge in [0.25, 0.3) is 0 Å². The predicted octanol–water partition coefficient (Wildman–Crippen LogP) is 2.87. The number of hydrogen-bond acceptors (Lipinski definition) is 3. The Labute approximate surface area is 102 Å². The zero-order valence-corrected chi connectivity index (χ0v) is 11.2. The van der Waals surface area contributed by atoms with Gasteiger partial charge >= 0.3 is 0 Å². The highest BCUT2D eigenvalue weighted by Gasteiger charge is 2.18. The second-order valence-corrected chi connectivity index (χ2v) is 5.07. The van der Waals surface area contributed by atoms with Crippen LogP contribution in [0.3, 0.4) is 0 Å². The first-order valence-corrected chi connectivity index (χ1v) is 6.79. The van der Waals surface area contributed by atoms with Crippen molar-refractivity contribution in [1.82, 2.24) is 4.57 Å². The Morgan fingerprint density at radius 2 is 2.12 bits per heavy atom. The Morgan fingerprint density at radius 3 is 2.56 bits per heavy atom. The van der Waals surface area contributed by atoms with E-state index in [-0.39, 0.29) is 0 Å². The van der Waals surface area contributed by atoms with Crippen LogP contribution in [0.25, 0.3) is 0 Å². The lowest BCUT2D eigenvalue weighted by atomic mass is 10.2. The smallest absolute Gasteiger partial charge is 0.122 e. The molecule has 88 valence electrons. The van der Waals surface area contributed by atoms with E-state index >= 15 is 0 Å². The molecule has 0 bridgehead atoms. The van der Waals surface area contributed by atoms with Gasteiger partial charge in [0, 0.05) is 11.7 Å². The standard InChI is InChI=1S/C12H19N3S/c1-8(5-6-16-4)15-10(3)9(2)11(7-13)12(15)14/h8H,5-6,14H2,1-4H3. The maximum Gasteiger partial charge on any atom is 0.122 e. The zero-order valence-electron chi connectivity index (χ0n) is 10.4. The summed E-state index contributed by atoms with van der Waals surface area (Å²) in [7, 11) is 0. The summed E-state index contributed by atoms with van der Waals surface area (Å²) in [5, 5.41) is 9.05. The van der Waals surface area contributed by atoms with Crippen LogP contribution in [-0.2, 0) is 0 Å². The number of nitrogens with two attached hydrogens (primary N) is 1. The average molecular weight is 237 g/mol. The van der Waals surface area contributed by atoms with Gasteiger partial charge in [0.15, 0.2) is 0 Å². The molecular formula is C12H19N3S. The van der Waals surface area contributed by atoms with Gasteiger partial charge in [-0.3, -0.25) is 0 Å². The van der Waals surface area contributed by atoms with Crippen LogP contribution in [0.15, 0.2) is 0 Å². The summed E-state index contributed by atoms with van der Waals surface area (Å²) in [6, 6.07) is 2.54. The molecule has 1 heterocycles. The fraction of sp³-hybridized carbons (Fsp3) is 0.583. The number of nitrogen functional groups attached to an aromatic ring is 1. The predicted molar refractivity (Wildman–Crippen MR) is 70.7 cm³/mol. The molecule has 0 saturated carbocycles. The lowest BCUT2D eigenvalue weighted by Crippen LogP contribution is -2.11. The molecule has 0 radical (unpaired) electrons. The van der Waals surface area contributed by atoms with E-state index in [1.54, 1.807) is 0 Å². The van der Waals surface area contributed by atoms with Crippen molar-refractivity contribution in [3.8, 4) is 6.07 Å². The fourth-order valence-electron chi connectivity index (χ4n) is 1.98. The Kier molecular flexibility index (Phi) is 4.31. The minimum absolute atomic E-state index is 0.355. The van der Waals surface area contributed by atoms with Gasteiger partial charge < -0.3 is 10.3 Å². The quantitative estimate of drug-likeness (QED) is 0.876. The van der Waals surface area contributed by atoms with E-state index in [2.05, 4.69) is 23.8 Å². The molecule has 4 heteroatoms. The number of thioether (sulfide) groups is 1. The van der Waals surface area contributed by atoms with E-state index in [4.69, 9.17) is 11.0 Å². The Morgan fingerprint density at radius 1 is 1.50 bits per heavy atom.